The van der Waals surface area contributed by atoms with Gasteiger partial charge in [0, 0.05) is 12.8 Å². The van der Waals surface area contributed by atoms with Crippen molar-refractivity contribution in [1.29, 1.82) is 0 Å². The van der Waals surface area contributed by atoms with E-state index < -0.39 is 32.5 Å². The summed E-state index contributed by atoms with van der Waals surface area (Å²) in [5, 5.41) is 0. The maximum atomic E-state index is 12.5. The van der Waals surface area contributed by atoms with E-state index in [2.05, 4.69) is 50.3 Å². The van der Waals surface area contributed by atoms with E-state index in [0.29, 0.717) is 23.9 Å². The van der Waals surface area contributed by atoms with Gasteiger partial charge in [0.15, 0.2) is 6.10 Å². The number of hydrogen-bond donors (Lipinski definition) is 0. The van der Waals surface area contributed by atoms with Crippen molar-refractivity contribution < 1.29 is 42.1 Å². The summed E-state index contributed by atoms with van der Waals surface area (Å²) in [6.07, 6.45) is 34.7. The highest BCUT2D eigenvalue weighted by molar-refractivity contribution is 7.45. The number of quaternary nitrogens is 1. The Kier molecular flexibility index (Phi) is 31.9. The van der Waals surface area contributed by atoms with E-state index in [1.54, 1.807) is 0 Å². The molecule has 0 spiro atoms. The molecule has 0 heterocycles. The fraction of sp³-hybridized carbons (Fsp3) is 0.800. The van der Waals surface area contributed by atoms with Gasteiger partial charge in [-0.05, 0) is 44.9 Å². The van der Waals surface area contributed by atoms with Crippen LogP contribution < -0.4 is 4.89 Å². The second kappa shape index (κ2) is 33.1. The molecule has 0 aromatic heterocycles. The number of phosphoric ester groups is 1. The number of carbonyl (C=O) groups excluding carboxylic acids is 2. The van der Waals surface area contributed by atoms with Crippen LogP contribution in [-0.2, 0) is 32.7 Å². The topological polar surface area (TPSA) is 111 Å². The van der Waals surface area contributed by atoms with Crippen molar-refractivity contribution in [2.75, 3.05) is 47.5 Å². The Labute approximate surface area is 306 Å². The minimum atomic E-state index is -4.62. The molecule has 292 valence electrons. The SMILES string of the molecule is CCCCCCCC/C=C/C/C=C/C/C=C/CCCC(=O)OC[C@@H](COP(=O)([O-])OCC[N+](C)(C)C)OC(=O)CCCCCCCCCCC. The maximum Gasteiger partial charge on any atom is 0.306 e. The van der Waals surface area contributed by atoms with Gasteiger partial charge in [0.25, 0.3) is 7.82 Å². The third-order valence-corrected chi connectivity index (χ3v) is 9.13. The molecular weight excluding hydrogens is 653 g/mol. The van der Waals surface area contributed by atoms with Crippen LogP contribution in [0.4, 0.5) is 0 Å². The van der Waals surface area contributed by atoms with E-state index in [1.165, 1.54) is 70.6 Å². The number of ether oxygens (including phenoxy) is 2. The number of hydrogen-bond acceptors (Lipinski definition) is 8. The van der Waals surface area contributed by atoms with Gasteiger partial charge in [-0.25, -0.2) is 0 Å². The largest absolute Gasteiger partial charge is 0.756 e. The first kappa shape index (κ1) is 48.2. The van der Waals surface area contributed by atoms with Crippen molar-refractivity contribution in [3.63, 3.8) is 0 Å². The Bertz CT molecular complexity index is 959. The number of esters is 2. The lowest BCUT2D eigenvalue weighted by atomic mass is 10.1. The molecule has 0 aliphatic rings. The van der Waals surface area contributed by atoms with Crippen molar-refractivity contribution in [3.05, 3.63) is 36.5 Å². The predicted molar refractivity (Wildman–Crippen MR) is 204 cm³/mol. The molecule has 9 nitrogen and oxygen atoms in total. The molecule has 0 rings (SSSR count). The van der Waals surface area contributed by atoms with Crippen LogP contribution in [0.3, 0.4) is 0 Å². The summed E-state index contributed by atoms with van der Waals surface area (Å²) in [6.45, 7) is 4.12. The van der Waals surface area contributed by atoms with Crippen LogP contribution in [0, 0.1) is 0 Å². The highest BCUT2D eigenvalue weighted by Gasteiger charge is 2.21. The second-order valence-electron chi connectivity index (χ2n) is 14.3. The van der Waals surface area contributed by atoms with Gasteiger partial charge >= 0.3 is 11.9 Å². The third-order valence-electron chi connectivity index (χ3n) is 8.16. The van der Waals surface area contributed by atoms with E-state index in [1.807, 2.05) is 21.1 Å². The first-order valence-electron chi connectivity index (χ1n) is 19.7. The van der Waals surface area contributed by atoms with Gasteiger partial charge in [-0.15, -0.1) is 0 Å². The number of unbranched alkanes of at least 4 members (excludes halogenated alkanes) is 15. The van der Waals surface area contributed by atoms with E-state index in [-0.39, 0.29) is 26.1 Å². The molecule has 0 aliphatic heterocycles. The summed E-state index contributed by atoms with van der Waals surface area (Å²) < 4.78 is 33.6. The first-order chi connectivity index (χ1) is 24.0. The number of allylic oxidation sites excluding steroid dienone is 6. The zero-order valence-corrected chi connectivity index (χ0v) is 33.5. The highest BCUT2D eigenvalue weighted by Crippen LogP contribution is 2.38. The predicted octanol–water partition coefficient (Wildman–Crippen LogP) is 9.94. The average Bonchev–Trinajstić information content (AvgIpc) is 3.06. The lowest BCUT2D eigenvalue weighted by Crippen LogP contribution is -2.37. The van der Waals surface area contributed by atoms with Crippen LogP contribution in [0.15, 0.2) is 36.5 Å². The van der Waals surface area contributed by atoms with Gasteiger partial charge in [-0.1, -0.05) is 134 Å². The molecule has 0 amide bonds. The lowest BCUT2D eigenvalue weighted by molar-refractivity contribution is -0.870. The summed E-state index contributed by atoms with van der Waals surface area (Å²) in [6, 6.07) is 0. The molecule has 0 saturated carbocycles. The fourth-order valence-corrected chi connectivity index (χ4v) is 5.75. The number of phosphoric acid groups is 1. The Hall–Kier alpha value is -1.77. The number of carbonyl (C=O) groups is 2. The second-order valence-corrected chi connectivity index (χ2v) is 15.7. The summed E-state index contributed by atoms with van der Waals surface area (Å²) >= 11 is 0. The standard InChI is InChI=1S/C40H74NO8P/c1-6-8-10-12-14-16-17-18-19-20-21-22-23-25-26-28-30-32-39(42)46-36-38(37-48-50(44,45)47-35-34-41(3,4)5)49-40(43)33-31-29-27-24-15-13-11-9-7-2/h18-19,21-22,25-26,38H,6-17,20,23-24,27-37H2,1-5H3/b19-18+,22-21+,26-25+/t38-/m0/s1. The van der Waals surface area contributed by atoms with Crippen molar-refractivity contribution in [2.45, 2.75) is 161 Å². The van der Waals surface area contributed by atoms with E-state index >= 15 is 0 Å². The quantitative estimate of drug-likeness (QED) is 0.0209. The molecule has 0 bridgehead atoms. The molecular formula is C40H74NO8P. The van der Waals surface area contributed by atoms with E-state index in [4.69, 9.17) is 18.5 Å². The van der Waals surface area contributed by atoms with E-state index in [9.17, 15) is 19.0 Å². The molecule has 0 aliphatic carbocycles. The van der Waals surface area contributed by atoms with Crippen LogP contribution in [0.5, 0.6) is 0 Å². The molecule has 2 atom stereocenters. The number of nitrogens with zero attached hydrogens (tertiary/aromatic N) is 1. The van der Waals surface area contributed by atoms with Gasteiger partial charge in [0.05, 0.1) is 27.7 Å². The highest BCUT2D eigenvalue weighted by atomic mass is 31.2. The smallest absolute Gasteiger partial charge is 0.306 e. The van der Waals surface area contributed by atoms with Crippen LogP contribution in [0.25, 0.3) is 0 Å². The van der Waals surface area contributed by atoms with Crippen LogP contribution in [0.1, 0.15) is 155 Å². The summed E-state index contributed by atoms with van der Waals surface area (Å²) in [5.41, 5.74) is 0. The Morgan fingerprint density at radius 1 is 0.620 bits per heavy atom. The molecule has 1 unspecified atom stereocenters. The zero-order valence-electron chi connectivity index (χ0n) is 32.6. The minimum Gasteiger partial charge on any atom is -0.756 e. The monoisotopic (exact) mass is 728 g/mol. The molecule has 10 heteroatoms. The van der Waals surface area contributed by atoms with Gasteiger partial charge < -0.3 is 27.9 Å². The Morgan fingerprint density at radius 3 is 1.66 bits per heavy atom. The molecule has 0 saturated heterocycles. The number of rotatable bonds is 35. The number of likely N-dealkylation sites (N-methyl/N-ethyl adjacent to an activating group) is 1. The van der Waals surface area contributed by atoms with Gasteiger partial charge in [-0.3, -0.25) is 14.2 Å². The Balaban J connectivity index is 4.46. The molecule has 50 heavy (non-hydrogen) atoms. The van der Waals surface area contributed by atoms with Crippen molar-refractivity contribution in [1.82, 2.24) is 0 Å². The average molecular weight is 728 g/mol. The van der Waals surface area contributed by atoms with Crippen LogP contribution >= 0.6 is 7.82 Å². The van der Waals surface area contributed by atoms with Crippen LogP contribution in [-0.4, -0.2) is 70.0 Å². The van der Waals surface area contributed by atoms with Crippen molar-refractivity contribution in [2.24, 2.45) is 0 Å². The summed E-state index contributed by atoms with van der Waals surface area (Å²) in [4.78, 5) is 37.2. The third kappa shape index (κ3) is 36.0. The van der Waals surface area contributed by atoms with Crippen LogP contribution in [0.2, 0.25) is 0 Å². The normalized spacial score (nSPS) is 14.1. The zero-order chi connectivity index (χ0) is 37.2. The fourth-order valence-electron chi connectivity index (χ4n) is 5.02. The molecule has 0 aromatic rings. The maximum absolute atomic E-state index is 12.5. The first-order valence-corrected chi connectivity index (χ1v) is 21.2. The van der Waals surface area contributed by atoms with Gasteiger partial charge in [0.2, 0.25) is 0 Å². The molecule has 0 N–H and O–H groups in total. The molecule has 0 aromatic carbocycles. The lowest BCUT2D eigenvalue weighted by Gasteiger charge is -2.28. The molecule has 0 fully saturated rings. The van der Waals surface area contributed by atoms with Crippen molar-refractivity contribution >= 4 is 19.8 Å². The summed E-state index contributed by atoms with van der Waals surface area (Å²) in [7, 11) is 1.14. The minimum absolute atomic E-state index is 0.0379. The van der Waals surface area contributed by atoms with E-state index in [0.717, 1.165) is 44.9 Å². The Morgan fingerprint density at radius 2 is 1.10 bits per heavy atom. The van der Waals surface area contributed by atoms with Gasteiger partial charge in [0.1, 0.15) is 19.8 Å². The summed E-state index contributed by atoms with van der Waals surface area (Å²) in [5.74, 6) is -0.900. The van der Waals surface area contributed by atoms with Gasteiger partial charge in [-0.2, -0.15) is 0 Å². The molecule has 0 radical (unpaired) electrons. The van der Waals surface area contributed by atoms with Crippen molar-refractivity contribution in [3.8, 4) is 0 Å².